The molecule has 0 aliphatic rings. The topological polar surface area (TPSA) is 8.81 Å². The van der Waals surface area contributed by atoms with Crippen molar-refractivity contribution in [1.82, 2.24) is 4.57 Å². The van der Waals surface area contributed by atoms with E-state index in [2.05, 4.69) is 65.7 Å². The lowest BCUT2D eigenvalue weighted by Gasteiger charge is -2.05. The molecule has 0 aliphatic heterocycles. The second kappa shape index (κ2) is 13.6. The zero-order valence-corrected chi connectivity index (χ0v) is 17.8. The molecule has 0 bridgehead atoms. The Morgan fingerprint density at radius 3 is 1.93 bits per heavy atom. The summed E-state index contributed by atoms with van der Waals surface area (Å²) in [5, 5.41) is 0. The third kappa shape index (κ3) is 8.32. The molecule has 150 valence electrons. The molecule has 0 saturated heterocycles. The number of aromatic nitrogens is 2. The summed E-state index contributed by atoms with van der Waals surface area (Å²) in [6, 6.07) is 10.8. The van der Waals surface area contributed by atoms with Crippen LogP contribution in [0.3, 0.4) is 0 Å². The van der Waals surface area contributed by atoms with E-state index in [1.807, 2.05) is 0 Å². The standard InChI is InChI=1S/C25H41N2/c1-3-5-6-7-8-9-10-11-12-13-17-20-26-21-22-27(25(26)4-2)23-24-18-15-14-16-19-24/h14-16,18-19,21-22H,3-13,17,20,23H2,1-2H3/q+1. The Hall–Kier alpha value is -1.57. The predicted octanol–water partition coefficient (Wildman–Crippen LogP) is 6.70. The van der Waals surface area contributed by atoms with Crippen molar-refractivity contribution < 1.29 is 4.57 Å². The summed E-state index contributed by atoms with van der Waals surface area (Å²) >= 11 is 0. The molecule has 0 radical (unpaired) electrons. The van der Waals surface area contributed by atoms with Crippen molar-refractivity contribution in [2.75, 3.05) is 0 Å². The normalized spacial score (nSPS) is 11.2. The maximum atomic E-state index is 2.47. The minimum absolute atomic E-state index is 0.981. The molecule has 1 heterocycles. The van der Waals surface area contributed by atoms with Crippen molar-refractivity contribution in [3.8, 4) is 0 Å². The number of imidazole rings is 1. The minimum Gasteiger partial charge on any atom is -0.234 e. The summed E-state index contributed by atoms with van der Waals surface area (Å²) in [5.74, 6) is 1.45. The number of aryl methyl sites for hydroxylation is 1. The zero-order chi connectivity index (χ0) is 19.2. The molecule has 0 amide bonds. The highest BCUT2D eigenvalue weighted by Crippen LogP contribution is 2.11. The smallest absolute Gasteiger partial charge is 0.234 e. The Bertz CT molecular complexity index is 600. The third-order valence-corrected chi connectivity index (χ3v) is 5.60. The van der Waals surface area contributed by atoms with Gasteiger partial charge in [-0.1, -0.05) is 102 Å². The molecule has 0 spiro atoms. The largest absolute Gasteiger partial charge is 0.256 e. The average molecular weight is 370 g/mol. The molecule has 0 saturated carbocycles. The van der Waals surface area contributed by atoms with E-state index in [0.29, 0.717) is 0 Å². The Balaban J connectivity index is 1.61. The van der Waals surface area contributed by atoms with E-state index in [9.17, 15) is 0 Å². The number of nitrogens with zero attached hydrogens (tertiary/aromatic N) is 2. The maximum absolute atomic E-state index is 2.47. The van der Waals surface area contributed by atoms with Gasteiger partial charge in [-0.25, -0.2) is 9.13 Å². The molecule has 27 heavy (non-hydrogen) atoms. The van der Waals surface area contributed by atoms with Gasteiger partial charge in [0.05, 0.1) is 6.54 Å². The van der Waals surface area contributed by atoms with Crippen molar-refractivity contribution >= 4 is 0 Å². The fraction of sp³-hybridized carbons (Fsp3) is 0.640. The Morgan fingerprint density at radius 1 is 0.741 bits per heavy atom. The van der Waals surface area contributed by atoms with Crippen LogP contribution in [0, 0.1) is 0 Å². The molecular formula is C25H41N2+. The SMILES string of the molecule is CCCCCCCCCCCCC[n+]1ccn(Cc2ccccc2)c1CC. The van der Waals surface area contributed by atoms with Crippen LogP contribution < -0.4 is 4.57 Å². The fourth-order valence-corrected chi connectivity index (χ4v) is 3.98. The van der Waals surface area contributed by atoms with Crippen LogP contribution in [0.5, 0.6) is 0 Å². The molecule has 0 unspecified atom stereocenters. The van der Waals surface area contributed by atoms with Crippen LogP contribution >= 0.6 is 0 Å². The summed E-state index contributed by atoms with van der Waals surface area (Å²) in [6.45, 7) is 6.71. The van der Waals surface area contributed by atoms with Crippen LogP contribution in [0.25, 0.3) is 0 Å². The van der Waals surface area contributed by atoms with E-state index < -0.39 is 0 Å². The molecule has 0 N–H and O–H groups in total. The lowest BCUT2D eigenvalue weighted by molar-refractivity contribution is -0.704. The Morgan fingerprint density at radius 2 is 1.33 bits per heavy atom. The van der Waals surface area contributed by atoms with E-state index >= 15 is 0 Å². The highest BCUT2D eigenvalue weighted by molar-refractivity contribution is 5.15. The second-order valence-corrected chi connectivity index (χ2v) is 7.91. The van der Waals surface area contributed by atoms with E-state index in [-0.39, 0.29) is 0 Å². The molecule has 2 heteroatoms. The predicted molar refractivity (Wildman–Crippen MR) is 116 cm³/mol. The Kier molecular flexibility index (Phi) is 10.9. The van der Waals surface area contributed by atoms with Crippen molar-refractivity contribution in [3.05, 3.63) is 54.1 Å². The molecule has 0 atom stereocenters. The first kappa shape index (κ1) is 21.7. The number of benzene rings is 1. The molecule has 1 aromatic carbocycles. The van der Waals surface area contributed by atoms with Crippen molar-refractivity contribution in [1.29, 1.82) is 0 Å². The van der Waals surface area contributed by atoms with Gasteiger partial charge in [0.25, 0.3) is 5.82 Å². The molecule has 2 aromatic rings. The quantitative estimate of drug-likeness (QED) is 0.244. The first-order valence-corrected chi connectivity index (χ1v) is 11.5. The second-order valence-electron chi connectivity index (χ2n) is 7.91. The zero-order valence-electron chi connectivity index (χ0n) is 17.8. The van der Waals surface area contributed by atoms with Gasteiger partial charge in [0.15, 0.2) is 0 Å². The summed E-state index contributed by atoms with van der Waals surface area (Å²) < 4.78 is 4.88. The lowest BCUT2D eigenvalue weighted by Crippen LogP contribution is -2.37. The minimum atomic E-state index is 0.981. The van der Waals surface area contributed by atoms with Gasteiger partial charge in [-0.15, -0.1) is 0 Å². The molecule has 2 nitrogen and oxygen atoms in total. The van der Waals surface area contributed by atoms with Gasteiger partial charge in [0.1, 0.15) is 18.9 Å². The first-order valence-electron chi connectivity index (χ1n) is 11.5. The number of unbranched alkanes of at least 4 members (excludes halogenated alkanes) is 10. The van der Waals surface area contributed by atoms with Crippen molar-refractivity contribution in [3.63, 3.8) is 0 Å². The molecule has 2 rings (SSSR count). The van der Waals surface area contributed by atoms with Gasteiger partial charge < -0.3 is 0 Å². The van der Waals surface area contributed by atoms with Gasteiger partial charge in [0.2, 0.25) is 0 Å². The molecular weight excluding hydrogens is 328 g/mol. The van der Waals surface area contributed by atoms with E-state index in [0.717, 1.165) is 13.0 Å². The molecule has 0 fully saturated rings. The van der Waals surface area contributed by atoms with Crippen molar-refractivity contribution in [2.24, 2.45) is 0 Å². The van der Waals surface area contributed by atoms with Crippen LogP contribution in [-0.4, -0.2) is 4.57 Å². The van der Waals surface area contributed by atoms with Crippen molar-refractivity contribution in [2.45, 2.75) is 104 Å². The highest BCUT2D eigenvalue weighted by Gasteiger charge is 2.14. The first-order chi connectivity index (χ1) is 13.3. The number of hydrogen-bond donors (Lipinski definition) is 0. The average Bonchev–Trinajstić information content (AvgIpc) is 3.08. The van der Waals surface area contributed by atoms with Gasteiger partial charge in [-0.3, -0.25) is 0 Å². The van der Waals surface area contributed by atoms with Crippen LogP contribution in [0.2, 0.25) is 0 Å². The molecule has 0 aliphatic carbocycles. The summed E-state index contributed by atoms with van der Waals surface area (Å²) in [4.78, 5) is 0. The van der Waals surface area contributed by atoms with Gasteiger partial charge in [-0.05, 0) is 18.4 Å². The van der Waals surface area contributed by atoms with Gasteiger partial charge in [-0.2, -0.15) is 0 Å². The lowest BCUT2D eigenvalue weighted by atomic mass is 10.1. The van der Waals surface area contributed by atoms with Gasteiger partial charge >= 0.3 is 0 Å². The number of rotatable bonds is 15. The highest BCUT2D eigenvalue weighted by atomic mass is 15.1. The third-order valence-electron chi connectivity index (χ3n) is 5.60. The van der Waals surface area contributed by atoms with E-state index in [1.165, 1.54) is 88.6 Å². The van der Waals surface area contributed by atoms with Crippen LogP contribution in [0.1, 0.15) is 95.9 Å². The van der Waals surface area contributed by atoms with Crippen LogP contribution in [0.4, 0.5) is 0 Å². The van der Waals surface area contributed by atoms with E-state index in [4.69, 9.17) is 0 Å². The molecule has 1 aromatic heterocycles. The monoisotopic (exact) mass is 369 g/mol. The van der Waals surface area contributed by atoms with E-state index in [1.54, 1.807) is 0 Å². The summed E-state index contributed by atoms with van der Waals surface area (Å²) in [5.41, 5.74) is 1.38. The van der Waals surface area contributed by atoms with Crippen LogP contribution in [0.15, 0.2) is 42.7 Å². The Labute approximate surface area is 167 Å². The van der Waals surface area contributed by atoms with Gasteiger partial charge in [0, 0.05) is 6.42 Å². The van der Waals surface area contributed by atoms with Crippen LogP contribution in [-0.2, 0) is 19.5 Å². The number of hydrogen-bond acceptors (Lipinski definition) is 0. The maximum Gasteiger partial charge on any atom is 0.256 e. The fourth-order valence-electron chi connectivity index (χ4n) is 3.98. The summed E-state index contributed by atoms with van der Waals surface area (Å²) in [7, 11) is 0. The summed E-state index contributed by atoms with van der Waals surface area (Å²) in [6.07, 6.45) is 21.1.